The summed E-state index contributed by atoms with van der Waals surface area (Å²) in [4.78, 5) is 26.5. The molecule has 0 unspecified atom stereocenters. The normalized spacial score (nSPS) is 17.0. The molecule has 0 aliphatic carbocycles. The highest BCUT2D eigenvalue weighted by molar-refractivity contribution is 6.23. The quantitative estimate of drug-likeness (QED) is 0.819. The zero-order valence-corrected chi connectivity index (χ0v) is 14.5. The van der Waals surface area contributed by atoms with Gasteiger partial charge in [0.1, 0.15) is 11.8 Å². The maximum absolute atomic E-state index is 12.8. The van der Waals surface area contributed by atoms with Crippen molar-refractivity contribution in [1.82, 2.24) is 0 Å². The number of anilines is 2. The van der Waals surface area contributed by atoms with E-state index in [2.05, 4.69) is 5.32 Å². The van der Waals surface area contributed by atoms with E-state index >= 15 is 0 Å². The van der Waals surface area contributed by atoms with E-state index in [1.54, 1.807) is 18.2 Å². The van der Waals surface area contributed by atoms with Crippen molar-refractivity contribution >= 4 is 23.2 Å². The summed E-state index contributed by atoms with van der Waals surface area (Å²) < 4.78 is 5.70. The predicted octanol–water partition coefficient (Wildman–Crippen LogP) is 3.53. The minimum atomic E-state index is -0.561. The van der Waals surface area contributed by atoms with Crippen molar-refractivity contribution in [3.8, 4) is 5.75 Å². The number of para-hydroxylation sites is 2. The third-order valence-corrected chi connectivity index (χ3v) is 4.11. The summed E-state index contributed by atoms with van der Waals surface area (Å²) in [5.41, 5.74) is 2.48. The van der Waals surface area contributed by atoms with Gasteiger partial charge >= 0.3 is 0 Å². The van der Waals surface area contributed by atoms with Crippen LogP contribution in [0.4, 0.5) is 11.4 Å². The second-order valence-corrected chi connectivity index (χ2v) is 6.15. The molecule has 1 heterocycles. The second kappa shape index (κ2) is 7.38. The molecule has 1 saturated heterocycles. The molecule has 1 aliphatic heterocycles. The third-order valence-electron chi connectivity index (χ3n) is 4.11. The van der Waals surface area contributed by atoms with Crippen LogP contribution in [0.5, 0.6) is 5.75 Å². The van der Waals surface area contributed by atoms with Crippen LogP contribution < -0.4 is 15.0 Å². The average molecular weight is 338 g/mol. The smallest absolute Gasteiger partial charge is 0.256 e. The molecular weight excluding hydrogens is 316 g/mol. The molecule has 0 radical (unpaired) electrons. The molecule has 1 fully saturated rings. The van der Waals surface area contributed by atoms with Crippen molar-refractivity contribution in [3.05, 3.63) is 54.1 Å². The van der Waals surface area contributed by atoms with Crippen LogP contribution in [0.2, 0.25) is 0 Å². The minimum Gasteiger partial charge on any atom is -0.491 e. The van der Waals surface area contributed by atoms with Crippen molar-refractivity contribution in [2.75, 3.05) is 16.8 Å². The van der Waals surface area contributed by atoms with E-state index in [4.69, 9.17) is 4.74 Å². The van der Waals surface area contributed by atoms with Crippen LogP contribution in [0.3, 0.4) is 0 Å². The lowest BCUT2D eigenvalue weighted by molar-refractivity contribution is -0.121. The largest absolute Gasteiger partial charge is 0.491 e. The number of nitrogens with zero attached hydrogens (tertiary/aromatic N) is 1. The molecule has 0 saturated carbocycles. The molecule has 0 bridgehead atoms. The van der Waals surface area contributed by atoms with Crippen molar-refractivity contribution in [2.45, 2.75) is 32.7 Å². The van der Waals surface area contributed by atoms with Crippen LogP contribution in [-0.2, 0) is 9.59 Å². The molecule has 1 aliphatic rings. The Kier molecular flexibility index (Phi) is 5.03. The van der Waals surface area contributed by atoms with Gasteiger partial charge in [0.05, 0.1) is 18.7 Å². The fraction of sp³-hybridized carbons (Fsp3) is 0.300. The SMILES string of the molecule is CCCOc1ccccc1N1C(=O)C[C@H](Nc2ccc(C)cc2)C1=O. The first-order valence-electron chi connectivity index (χ1n) is 8.52. The van der Waals surface area contributed by atoms with Crippen LogP contribution >= 0.6 is 0 Å². The molecule has 2 amide bonds. The van der Waals surface area contributed by atoms with Gasteiger partial charge in [-0.2, -0.15) is 0 Å². The van der Waals surface area contributed by atoms with E-state index in [1.807, 2.05) is 44.2 Å². The van der Waals surface area contributed by atoms with Crippen LogP contribution in [0, 0.1) is 6.92 Å². The summed E-state index contributed by atoms with van der Waals surface area (Å²) in [5.74, 6) is 0.0855. The van der Waals surface area contributed by atoms with Crippen LogP contribution in [0.25, 0.3) is 0 Å². The van der Waals surface area contributed by atoms with Crippen LogP contribution in [-0.4, -0.2) is 24.5 Å². The van der Waals surface area contributed by atoms with Crippen molar-refractivity contribution in [1.29, 1.82) is 0 Å². The van der Waals surface area contributed by atoms with E-state index < -0.39 is 6.04 Å². The van der Waals surface area contributed by atoms with Gasteiger partial charge in [-0.3, -0.25) is 9.59 Å². The van der Waals surface area contributed by atoms with Gasteiger partial charge in [-0.1, -0.05) is 36.8 Å². The highest BCUT2D eigenvalue weighted by Gasteiger charge is 2.40. The van der Waals surface area contributed by atoms with Crippen molar-refractivity contribution < 1.29 is 14.3 Å². The van der Waals surface area contributed by atoms with E-state index in [9.17, 15) is 9.59 Å². The topological polar surface area (TPSA) is 58.6 Å². The minimum absolute atomic E-state index is 0.134. The standard InChI is InChI=1S/C20H22N2O3/c1-3-12-25-18-7-5-4-6-17(18)22-19(23)13-16(20(22)24)21-15-10-8-14(2)9-11-15/h4-11,16,21H,3,12-13H2,1-2H3/t16-/m0/s1. The number of hydrogen-bond acceptors (Lipinski definition) is 4. The number of rotatable bonds is 6. The first kappa shape index (κ1) is 17.0. The number of nitrogens with one attached hydrogen (secondary N) is 1. The summed E-state index contributed by atoms with van der Waals surface area (Å²) >= 11 is 0. The molecule has 130 valence electrons. The van der Waals surface area contributed by atoms with Crippen LogP contribution in [0.1, 0.15) is 25.3 Å². The number of imide groups is 1. The fourth-order valence-corrected chi connectivity index (χ4v) is 2.82. The van der Waals surface area contributed by atoms with E-state index in [-0.39, 0.29) is 18.2 Å². The molecule has 1 atom stereocenters. The van der Waals surface area contributed by atoms with Crippen molar-refractivity contribution in [2.24, 2.45) is 0 Å². The summed E-state index contributed by atoms with van der Waals surface area (Å²) in [6.45, 7) is 4.55. The average Bonchev–Trinajstić information content (AvgIpc) is 2.89. The van der Waals surface area contributed by atoms with Gasteiger partial charge in [0.2, 0.25) is 5.91 Å². The van der Waals surface area contributed by atoms with E-state index in [0.29, 0.717) is 18.0 Å². The van der Waals surface area contributed by atoms with Gasteiger partial charge in [-0.05, 0) is 37.6 Å². The van der Waals surface area contributed by atoms with Gasteiger partial charge in [-0.25, -0.2) is 4.90 Å². The number of carbonyl (C=O) groups excluding carboxylic acids is 2. The molecule has 1 N–H and O–H groups in total. The Morgan fingerprint density at radius 1 is 1.12 bits per heavy atom. The van der Waals surface area contributed by atoms with Gasteiger partial charge < -0.3 is 10.1 Å². The van der Waals surface area contributed by atoms with Gasteiger partial charge in [-0.15, -0.1) is 0 Å². The summed E-state index contributed by atoms with van der Waals surface area (Å²) in [6, 6.07) is 14.4. The van der Waals surface area contributed by atoms with E-state index in [1.165, 1.54) is 4.90 Å². The molecule has 5 heteroatoms. The number of hydrogen-bond donors (Lipinski definition) is 1. The molecule has 2 aromatic carbocycles. The molecular formula is C20H22N2O3. The second-order valence-electron chi connectivity index (χ2n) is 6.15. The Labute approximate surface area is 147 Å². The molecule has 5 nitrogen and oxygen atoms in total. The zero-order valence-electron chi connectivity index (χ0n) is 14.5. The van der Waals surface area contributed by atoms with Crippen molar-refractivity contribution in [3.63, 3.8) is 0 Å². The highest BCUT2D eigenvalue weighted by Crippen LogP contribution is 2.33. The Hall–Kier alpha value is -2.82. The maximum Gasteiger partial charge on any atom is 0.256 e. The third kappa shape index (κ3) is 3.65. The summed E-state index contributed by atoms with van der Waals surface area (Å²) in [5, 5.41) is 3.16. The summed E-state index contributed by atoms with van der Waals surface area (Å²) in [7, 11) is 0. The number of benzene rings is 2. The fourth-order valence-electron chi connectivity index (χ4n) is 2.82. The Bertz CT molecular complexity index is 771. The monoisotopic (exact) mass is 338 g/mol. The lowest BCUT2D eigenvalue weighted by Crippen LogP contribution is -2.35. The lowest BCUT2D eigenvalue weighted by atomic mass is 10.2. The molecule has 0 spiro atoms. The Morgan fingerprint density at radius 2 is 1.84 bits per heavy atom. The zero-order chi connectivity index (χ0) is 17.8. The Balaban J connectivity index is 1.81. The highest BCUT2D eigenvalue weighted by atomic mass is 16.5. The Morgan fingerprint density at radius 3 is 2.56 bits per heavy atom. The first-order chi connectivity index (χ1) is 12.1. The number of carbonyl (C=O) groups is 2. The molecule has 2 aromatic rings. The summed E-state index contributed by atoms with van der Waals surface area (Å²) in [6.07, 6.45) is 0.989. The van der Waals surface area contributed by atoms with Gasteiger partial charge in [0.15, 0.2) is 0 Å². The van der Waals surface area contributed by atoms with Gasteiger partial charge in [0.25, 0.3) is 5.91 Å². The van der Waals surface area contributed by atoms with Crippen LogP contribution in [0.15, 0.2) is 48.5 Å². The first-order valence-corrected chi connectivity index (χ1v) is 8.52. The molecule has 3 rings (SSSR count). The van der Waals surface area contributed by atoms with Gasteiger partial charge in [0, 0.05) is 5.69 Å². The predicted molar refractivity (Wildman–Crippen MR) is 97.9 cm³/mol. The number of ether oxygens (including phenoxy) is 1. The van der Waals surface area contributed by atoms with E-state index in [0.717, 1.165) is 17.7 Å². The lowest BCUT2D eigenvalue weighted by Gasteiger charge is -2.19. The number of aryl methyl sites for hydroxylation is 1. The molecule has 25 heavy (non-hydrogen) atoms. The maximum atomic E-state index is 12.8. The number of amides is 2. The molecule has 0 aromatic heterocycles.